The smallest absolute Gasteiger partial charge is 0.254 e. The molecule has 4 aliphatic rings. The molecule has 8 nitrogen and oxygen atoms in total. The number of likely N-dealkylation sites (tertiary alicyclic amines) is 3. The molecule has 4 fully saturated rings. The van der Waals surface area contributed by atoms with Crippen molar-refractivity contribution < 1.29 is 19.2 Å². The largest absolute Gasteiger partial charge is 0.329 e. The number of amides is 3. The lowest BCUT2D eigenvalue weighted by Crippen LogP contribution is -2.49. The van der Waals surface area contributed by atoms with E-state index in [4.69, 9.17) is 0 Å². The van der Waals surface area contributed by atoms with Gasteiger partial charge in [0.1, 0.15) is 12.1 Å². The van der Waals surface area contributed by atoms with Crippen LogP contribution in [0.1, 0.15) is 91.3 Å². The highest BCUT2D eigenvalue weighted by molar-refractivity contribution is 6.03. The summed E-state index contributed by atoms with van der Waals surface area (Å²) in [5.41, 5.74) is 0.776. The van der Waals surface area contributed by atoms with Gasteiger partial charge in [-0.05, 0) is 69.6 Å². The molecule has 0 aromatic heterocycles. The van der Waals surface area contributed by atoms with Crippen molar-refractivity contribution in [3.63, 3.8) is 0 Å². The van der Waals surface area contributed by atoms with Gasteiger partial charge >= 0.3 is 0 Å². The topological polar surface area (TPSA) is 102 Å². The van der Waals surface area contributed by atoms with Crippen molar-refractivity contribution in [1.29, 1.82) is 5.26 Å². The highest BCUT2D eigenvalue weighted by atomic mass is 16.2. The predicted molar refractivity (Wildman–Crippen MR) is 136 cm³/mol. The minimum Gasteiger partial charge on any atom is -0.329 e. The van der Waals surface area contributed by atoms with E-state index in [1.807, 2.05) is 0 Å². The Morgan fingerprint density at radius 2 is 1.27 bits per heavy atom. The van der Waals surface area contributed by atoms with Crippen LogP contribution in [-0.2, 0) is 9.59 Å². The molecule has 1 aliphatic carbocycles. The number of Topliss-reactive ketones (excluding diaryl/α,β-unsaturated/α-hetero) is 1. The van der Waals surface area contributed by atoms with E-state index in [1.54, 1.807) is 39.0 Å². The van der Waals surface area contributed by atoms with Crippen molar-refractivity contribution in [2.45, 2.75) is 88.8 Å². The molecule has 1 aromatic carbocycles. The fraction of sp³-hybridized carbons (Fsp3) is 0.621. The molecular weight excluding hydrogens is 468 g/mol. The van der Waals surface area contributed by atoms with Gasteiger partial charge in [-0.3, -0.25) is 19.2 Å². The summed E-state index contributed by atoms with van der Waals surface area (Å²) in [6.07, 6.45) is 9.48. The first-order valence-corrected chi connectivity index (χ1v) is 14.0. The lowest BCUT2D eigenvalue weighted by Gasteiger charge is -2.30. The zero-order valence-corrected chi connectivity index (χ0v) is 21.4. The summed E-state index contributed by atoms with van der Waals surface area (Å²) in [5.74, 6) is -0.364. The molecule has 37 heavy (non-hydrogen) atoms. The molecule has 3 aliphatic heterocycles. The Hall–Kier alpha value is -3.21. The molecule has 1 aromatic rings. The van der Waals surface area contributed by atoms with E-state index in [1.165, 1.54) is 6.42 Å². The molecule has 196 valence electrons. The van der Waals surface area contributed by atoms with Gasteiger partial charge in [0.25, 0.3) is 11.8 Å². The van der Waals surface area contributed by atoms with Crippen molar-refractivity contribution in [3.05, 3.63) is 35.4 Å². The van der Waals surface area contributed by atoms with Crippen LogP contribution in [0.2, 0.25) is 0 Å². The first-order valence-electron chi connectivity index (χ1n) is 14.0. The zero-order chi connectivity index (χ0) is 25.9. The Morgan fingerprint density at radius 1 is 0.703 bits per heavy atom. The number of carbonyl (C=O) groups is 4. The monoisotopic (exact) mass is 504 g/mol. The van der Waals surface area contributed by atoms with Gasteiger partial charge in [-0.25, -0.2) is 0 Å². The van der Waals surface area contributed by atoms with E-state index in [0.29, 0.717) is 50.0 Å². The van der Waals surface area contributed by atoms with Crippen LogP contribution in [0.5, 0.6) is 0 Å². The average molecular weight is 505 g/mol. The van der Waals surface area contributed by atoms with Gasteiger partial charge in [-0.1, -0.05) is 25.3 Å². The van der Waals surface area contributed by atoms with E-state index in [0.717, 1.165) is 44.9 Å². The standard InChI is InChI=1S/C29H36N4O4/c30-19-23-12-5-15-31(23)29(37)25-14-7-17-33(25)28(36)22-11-4-10-21(18-22)27(35)32-16-6-13-24(32)26(34)20-8-2-1-3-9-20/h4,10-11,18,20,23-25H,1-3,5-9,12-17H2/t23-,24-,25+/m1/s1. The Morgan fingerprint density at radius 3 is 1.92 bits per heavy atom. The molecular formula is C29H36N4O4. The Kier molecular flexibility index (Phi) is 7.59. The van der Waals surface area contributed by atoms with Crippen molar-refractivity contribution in [3.8, 4) is 6.07 Å². The number of rotatable bonds is 5. The maximum Gasteiger partial charge on any atom is 0.254 e. The molecule has 3 atom stereocenters. The maximum atomic E-state index is 13.5. The second-order valence-electron chi connectivity index (χ2n) is 11.0. The molecule has 3 saturated heterocycles. The van der Waals surface area contributed by atoms with Crippen LogP contribution in [0.3, 0.4) is 0 Å². The third-order valence-corrected chi connectivity index (χ3v) is 8.69. The first-order chi connectivity index (χ1) is 18.0. The van der Waals surface area contributed by atoms with Crippen LogP contribution in [0.4, 0.5) is 0 Å². The number of hydrogen-bond acceptors (Lipinski definition) is 5. The quantitative estimate of drug-likeness (QED) is 0.610. The van der Waals surface area contributed by atoms with Gasteiger partial charge in [-0.15, -0.1) is 0 Å². The Labute approximate surface area is 218 Å². The Bertz CT molecular complexity index is 1110. The molecule has 0 bridgehead atoms. The number of hydrogen-bond donors (Lipinski definition) is 0. The number of ketones is 1. The second-order valence-corrected chi connectivity index (χ2v) is 11.0. The fourth-order valence-corrected chi connectivity index (χ4v) is 6.70. The molecule has 3 amide bonds. The normalized spacial score (nSPS) is 26.4. The third-order valence-electron chi connectivity index (χ3n) is 8.69. The predicted octanol–water partition coefficient (Wildman–Crippen LogP) is 3.56. The molecule has 0 N–H and O–H groups in total. The van der Waals surface area contributed by atoms with Crippen LogP contribution in [0.25, 0.3) is 0 Å². The van der Waals surface area contributed by atoms with Crippen molar-refractivity contribution in [2.24, 2.45) is 5.92 Å². The highest BCUT2D eigenvalue weighted by Gasteiger charge is 2.41. The van der Waals surface area contributed by atoms with Crippen LogP contribution in [-0.4, -0.2) is 76.0 Å². The number of nitrogens with zero attached hydrogens (tertiary/aromatic N) is 4. The van der Waals surface area contributed by atoms with Crippen molar-refractivity contribution in [1.82, 2.24) is 14.7 Å². The first kappa shape index (κ1) is 25.4. The van der Waals surface area contributed by atoms with E-state index >= 15 is 0 Å². The summed E-state index contributed by atoms with van der Waals surface area (Å²) in [7, 11) is 0. The third kappa shape index (κ3) is 5.01. The number of carbonyl (C=O) groups excluding carboxylic acids is 4. The van der Waals surface area contributed by atoms with E-state index in [2.05, 4.69) is 6.07 Å². The van der Waals surface area contributed by atoms with Gasteiger partial charge in [0, 0.05) is 36.7 Å². The summed E-state index contributed by atoms with van der Waals surface area (Å²) in [6, 6.07) is 7.54. The zero-order valence-electron chi connectivity index (χ0n) is 21.4. The van der Waals surface area contributed by atoms with Gasteiger partial charge in [-0.2, -0.15) is 5.26 Å². The number of nitriles is 1. The summed E-state index contributed by atoms with van der Waals surface area (Å²) >= 11 is 0. The van der Waals surface area contributed by atoms with Crippen LogP contribution in [0, 0.1) is 17.2 Å². The molecule has 3 heterocycles. The summed E-state index contributed by atoms with van der Waals surface area (Å²) in [6.45, 7) is 1.58. The van der Waals surface area contributed by atoms with E-state index in [-0.39, 0.29) is 35.5 Å². The van der Waals surface area contributed by atoms with Crippen molar-refractivity contribution >= 4 is 23.5 Å². The van der Waals surface area contributed by atoms with Crippen LogP contribution in [0.15, 0.2) is 24.3 Å². The minimum atomic E-state index is -0.572. The lowest BCUT2D eigenvalue weighted by atomic mass is 9.83. The highest BCUT2D eigenvalue weighted by Crippen LogP contribution is 2.31. The molecule has 5 rings (SSSR count). The molecule has 1 saturated carbocycles. The van der Waals surface area contributed by atoms with Gasteiger partial charge in [0.2, 0.25) is 5.91 Å². The molecule has 0 unspecified atom stereocenters. The average Bonchev–Trinajstić information content (AvgIpc) is 3.72. The van der Waals surface area contributed by atoms with E-state index in [9.17, 15) is 24.4 Å². The van der Waals surface area contributed by atoms with Gasteiger partial charge in [0.05, 0.1) is 12.1 Å². The summed E-state index contributed by atoms with van der Waals surface area (Å²) < 4.78 is 0. The van der Waals surface area contributed by atoms with Crippen molar-refractivity contribution in [2.75, 3.05) is 19.6 Å². The fourth-order valence-electron chi connectivity index (χ4n) is 6.70. The summed E-state index contributed by atoms with van der Waals surface area (Å²) in [5, 5.41) is 9.40. The lowest BCUT2D eigenvalue weighted by molar-refractivity contribution is -0.135. The maximum absolute atomic E-state index is 13.5. The summed E-state index contributed by atoms with van der Waals surface area (Å²) in [4.78, 5) is 58.4. The van der Waals surface area contributed by atoms with Gasteiger partial charge in [0.15, 0.2) is 5.78 Å². The Balaban J connectivity index is 1.30. The molecule has 8 heteroatoms. The van der Waals surface area contributed by atoms with Crippen LogP contribution < -0.4 is 0 Å². The minimum absolute atomic E-state index is 0.0564. The SMILES string of the molecule is N#C[C@H]1CCCN1C(=O)[C@@H]1CCCN1C(=O)c1cccc(C(=O)N2CCC[C@@H]2C(=O)C2CCCCC2)c1. The molecule has 0 radical (unpaired) electrons. The van der Waals surface area contributed by atoms with Crippen LogP contribution >= 0.6 is 0 Å². The van der Waals surface area contributed by atoms with E-state index < -0.39 is 12.1 Å². The number of benzene rings is 1. The van der Waals surface area contributed by atoms with Gasteiger partial charge < -0.3 is 14.7 Å². The molecule has 0 spiro atoms. The second kappa shape index (κ2) is 11.0.